The topological polar surface area (TPSA) is 55.1 Å². The molecule has 1 amide bonds. The van der Waals surface area contributed by atoms with E-state index in [-0.39, 0.29) is 10.9 Å². The zero-order chi connectivity index (χ0) is 13.9. The smallest absolute Gasteiger partial charge is 0.226 e. The average Bonchev–Trinajstić information content (AvgIpc) is 2.34. The lowest BCUT2D eigenvalue weighted by Gasteiger charge is -2.32. The molecule has 0 aromatic heterocycles. The highest BCUT2D eigenvalue weighted by Crippen LogP contribution is 2.29. The van der Waals surface area contributed by atoms with Crippen LogP contribution in [0.25, 0.3) is 0 Å². The molecule has 0 atom stereocenters. The van der Waals surface area contributed by atoms with Crippen LogP contribution in [0.15, 0.2) is 18.2 Å². The Morgan fingerprint density at radius 3 is 2.68 bits per heavy atom. The van der Waals surface area contributed by atoms with Gasteiger partial charge in [0.2, 0.25) is 5.91 Å². The number of nitrogens with one attached hydrogen (secondary N) is 1. The number of rotatable bonds is 3. The first kappa shape index (κ1) is 14.3. The van der Waals surface area contributed by atoms with Crippen molar-refractivity contribution in [1.82, 2.24) is 0 Å². The summed E-state index contributed by atoms with van der Waals surface area (Å²) in [6, 6.07) is 4.12. The fourth-order valence-electron chi connectivity index (χ4n) is 2.53. The van der Waals surface area contributed by atoms with Gasteiger partial charge in [-0.3, -0.25) is 4.79 Å². The molecule has 1 aromatic carbocycles. The number of hydrogen-bond acceptors (Lipinski definition) is 2. The van der Waals surface area contributed by atoms with Crippen LogP contribution in [0.1, 0.15) is 38.5 Å². The summed E-state index contributed by atoms with van der Waals surface area (Å²) in [4.78, 5) is 12.0. The number of nitrogens with two attached hydrogens (primary N) is 1. The van der Waals surface area contributed by atoms with E-state index in [0.29, 0.717) is 12.1 Å². The van der Waals surface area contributed by atoms with Crippen LogP contribution in [0.2, 0.25) is 5.02 Å². The number of anilines is 1. The molecule has 0 spiro atoms. The van der Waals surface area contributed by atoms with E-state index in [1.165, 1.54) is 24.6 Å². The third-order valence-corrected chi connectivity index (χ3v) is 3.85. The molecule has 1 aliphatic rings. The van der Waals surface area contributed by atoms with Crippen molar-refractivity contribution in [2.24, 2.45) is 5.73 Å². The standard InChI is InChI=1S/C14H18ClFN2O/c15-11-8-10(4-5-12(11)16)18-13(19)9-14(17)6-2-1-3-7-14/h4-5,8H,1-3,6-7,9,17H2,(H,18,19). The molecule has 3 N–H and O–H groups in total. The summed E-state index contributed by atoms with van der Waals surface area (Å²) >= 11 is 5.67. The minimum Gasteiger partial charge on any atom is -0.326 e. The van der Waals surface area contributed by atoms with E-state index in [4.69, 9.17) is 17.3 Å². The molecule has 0 heterocycles. The van der Waals surface area contributed by atoms with Crippen molar-refractivity contribution in [2.45, 2.75) is 44.1 Å². The summed E-state index contributed by atoms with van der Waals surface area (Å²) in [5, 5.41) is 2.71. The minimum absolute atomic E-state index is 0.00192. The number of carbonyl (C=O) groups excluding carboxylic acids is 1. The Bertz CT molecular complexity index is 473. The van der Waals surface area contributed by atoms with Crippen molar-refractivity contribution in [3.63, 3.8) is 0 Å². The van der Waals surface area contributed by atoms with Crippen LogP contribution in [-0.2, 0) is 4.79 Å². The largest absolute Gasteiger partial charge is 0.326 e. The minimum atomic E-state index is -0.498. The second-order valence-corrected chi connectivity index (χ2v) is 5.68. The number of benzene rings is 1. The summed E-state index contributed by atoms with van der Waals surface area (Å²) in [5.41, 5.74) is 6.32. The van der Waals surface area contributed by atoms with Gasteiger partial charge < -0.3 is 11.1 Å². The van der Waals surface area contributed by atoms with E-state index in [1.54, 1.807) is 0 Å². The molecule has 2 rings (SSSR count). The lowest BCUT2D eigenvalue weighted by molar-refractivity contribution is -0.117. The van der Waals surface area contributed by atoms with Gasteiger partial charge in [0.1, 0.15) is 5.82 Å². The third kappa shape index (κ3) is 3.91. The maximum absolute atomic E-state index is 13.0. The SMILES string of the molecule is NC1(CC(=O)Nc2ccc(F)c(Cl)c2)CCCCC1. The molecule has 3 nitrogen and oxygen atoms in total. The molecule has 1 aromatic rings. The lowest BCUT2D eigenvalue weighted by Crippen LogP contribution is -2.44. The normalized spacial score (nSPS) is 18.1. The van der Waals surface area contributed by atoms with Gasteiger partial charge in [0.05, 0.1) is 5.02 Å². The highest BCUT2D eigenvalue weighted by molar-refractivity contribution is 6.31. The van der Waals surface area contributed by atoms with Gasteiger partial charge in [0.25, 0.3) is 0 Å². The Kier molecular flexibility index (Phi) is 4.42. The molecule has 5 heteroatoms. The van der Waals surface area contributed by atoms with Crippen LogP contribution in [0.3, 0.4) is 0 Å². The second kappa shape index (κ2) is 5.88. The lowest BCUT2D eigenvalue weighted by atomic mass is 9.80. The molecule has 0 saturated heterocycles. The molecule has 0 radical (unpaired) electrons. The molecule has 19 heavy (non-hydrogen) atoms. The van der Waals surface area contributed by atoms with Crippen molar-refractivity contribution in [3.8, 4) is 0 Å². The van der Waals surface area contributed by atoms with Gasteiger partial charge in [-0.15, -0.1) is 0 Å². The molecule has 1 saturated carbocycles. The first-order valence-electron chi connectivity index (χ1n) is 6.52. The molecule has 1 fully saturated rings. The van der Waals surface area contributed by atoms with E-state index < -0.39 is 11.4 Å². The molecule has 0 bridgehead atoms. The highest BCUT2D eigenvalue weighted by Gasteiger charge is 2.29. The van der Waals surface area contributed by atoms with Crippen LogP contribution >= 0.6 is 11.6 Å². The van der Waals surface area contributed by atoms with E-state index in [2.05, 4.69) is 5.32 Å². The van der Waals surface area contributed by atoms with Crippen LogP contribution in [0, 0.1) is 5.82 Å². The third-order valence-electron chi connectivity index (χ3n) is 3.57. The Morgan fingerprint density at radius 1 is 1.37 bits per heavy atom. The second-order valence-electron chi connectivity index (χ2n) is 5.28. The number of amides is 1. The van der Waals surface area contributed by atoms with Crippen molar-refractivity contribution < 1.29 is 9.18 Å². The van der Waals surface area contributed by atoms with Gasteiger partial charge in [-0.05, 0) is 31.0 Å². The number of hydrogen-bond donors (Lipinski definition) is 2. The van der Waals surface area contributed by atoms with Gasteiger partial charge in [-0.1, -0.05) is 30.9 Å². The first-order valence-corrected chi connectivity index (χ1v) is 6.90. The fraction of sp³-hybridized carbons (Fsp3) is 0.500. The van der Waals surface area contributed by atoms with Crippen molar-refractivity contribution in [2.75, 3.05) is 5.32 Å². The Balaban J connectivity index is 1.95. The first-order chi connectivity index (χ1) is 8.98. The van der Waals surface area contributed by atoms with Gasteiger partial charge in [0.15, 0.2) is 0 Å². The highest BCUT2D eigenvalue weighted by atomic mass is 35.5. The Hall–Kier alpha value is -1.13. The summed E-state index contributed by atoms with van der Waals surface area (Å²) in [6.45, 7) is 0. The maximum atomic E-state index is 13.0. The van der Waals surface area contributed by atoms with Crippen molar-refractivity contribution in [1.29, 1.82) is 0 Å². The zero-order valence-electron chi connectivity index (χ0n) is 10.7. The van der Waals surface area contributed by atoms with E-state index in [0.717, 1.165) is 25.7 Å². The zero-order valence-corrected chi connectivity index (χ0v) is 11.5. The monoisotopic (exact) mass is 284 g/mol. The van der Waals surface area contributed by atoms with Gasteiger partial charge in [0, 0.05) is 17.6 Å². The summed E-state index contributed by atoms with van der Waals surface area (Å²) in [7, 11) is 0. The molecule has 0 unspecified atom stereocenters. The Morgan fingerprint density at radius 2 is 2.05 bits per heavy atom. The predicted octanol–water partition coefficient (Wildman–Crippen LogP) is 3.47. The summed E-state index contributed by atoms with van der Waals surface area (Å²) < 4.78 is 13.0. The van der Waals surface area contributed by atoms with Gasteiger partial charge in [-0.2, -0.15) is 0 Å². The number of carbonyl (C=O) groups is 1. The van der Waals surface area contributed by atoms with Crippen molar-refractivity contribution >= 4 is 23.2 Å². The molecular formula is C14H18ClFN2O. The maximum Gasteiger partial charge on any atom is 0.226 e. The van der Waals surface area contributed by atoms with E-state index in [9.17, 15) is 9.18 Å². The van der Waals surface area contributed by atoms with Crippen LogP contribution < -0.4 is 11.1 Å². The van der Waals surface area contributed by atoms with Gasteiger partial charge >= 0.3 is 0 Å². The van der Waals surface area contributed by atoms with Crippen molar-refractivity contribution in [3.05, 3.63) is 29.0 Å². The van der Waals surface area contributed by atoms with Gasteiger partial charge in [-0.25, -0.2) is 4.39 Å². The van der Waals surface area contributed by atoms with E-state index >= 15 is 0 Å². The molecule has 0 aliphatic heterocycles. The average molecular weight is 285 g/mol. The predicted molar refractivity (Wildman–Crippen MR) is 74.7 cm³/mol. The fourth-order valence-corrected chi connectivity index (χ4v) is 2.71. The van der Waals surface area contributed by atoms with Crippen LogP contribution in [0.4, 0.5) is 10.1 Å². The Labute approximate surface area is 117 Å². The summed E-state index contributed by atoms with van der Waals surface area (Å²) in [5.74, 6) is -0.644. The van der Waals surface area contributed by atoms with Crippen LogP contribution in [-0.4, -0.2) is 11.4 Å². The number of halogens is 2. The van der Waals surface area contributed by atoms with Crippen LogP contribution in [0.5, 0.6) is 0 Å². The quantitative estimate of drug-likeness (QED) is 0.893. The molecule has 104 valence electrons. The summed E-state index contributed by atoms with van der Waals surface area (Å²) in [6.07, 6.45) is 5.39. The molecule has 1 aliphatic carbocycles. The van der Waals surface area contributed by atoms with E-state index in [1.807, 2.05) is 0 Å². The molecular weight excluding hydrogens is 267 g/mol.